The Bertz CT molecular complexity index is 648. The molecule has 1 N–H and O–H groups in total. The molecule has 1 unspecified atom stereocenters. The Kier molecular flexibility index (Phi) is 4.69. The number of rotatable bonds is 4. The number of hydrogen-bond acceptors (Lipinski definition) is 3. The van der Waals surface area contributed by atoms with Crippen LogP contribution in [0.25, 0.3) is 0 Å². The molecular weight excluding hydrogens is 300 g/mol. The predicted octanol–water partition coefficient (Wildman–Crippen LogP) is 2.65. The highest BCUT2D eigenvalue weighted by atomic mass is 16.4. The van der Waals surface area contributed by atoms with Crippen LogP contribution >= 0.6 is 0 Å². The first-order chi connectivity index (χ1) is 11.6. The van der Waals surface area contributed by atoms with E-state index in [1.165, 1.54) is 0 Å². The van der Waals surface area contributed by atoms with Gasteiger partial charge in [0.05, 0.1) is 12.1 Å². The highest BCUT2D eigenvalue weighted by Gasteiger charge is 2.49. The molecular formula is C20H24N2O2. The molecule has 0 bridgehead atoms. The molecule has 1 aliphatic rings. The van der Waals surface area contributed by atoms with E-state index in [1.807, 2.05) is 36.4 Å². The Morgan fingerprint density at radius 1 is 1.04 bits per heavy atom. The van der Waals surface area contributed by atoms with Gasteiger partial charge in [-0.15, -0.1) is 0 Å². The lowest BCUT2D eigenvalue weighted by molar-refractivity contribution is -0.142. The van der Waals surface area contributed by atoms with Crippen molar-refractivity contribution in [2.45, 2.75) is 18.5 Å². The Labute approximate surface area is 143 Å². The Balaban J connectivity index is 2.25. The molecule has 1 heterocycles. The SMILES string of the molecule is CC1N(C)CCN(CC(=O)O)C1(c1ccccc1)c1ccccc1. The van der Waals surface area contributed by atoms with Gasteiger partial charge in [-0.2, -0.15) is 0 Å². The van der Waals surface area contributed by atoms with Crippen LogP contribution in [0.2, 0.25) is 0 Å². The zero-order chi connectivity index (χ0) is 17.2. The van der Waals surface area contributed by atoms with Gasteiger partial charge >= 0.3 is 5.97 Å². The molecule has 0 saturated carbocycles. The van der Waals surface area contributed by atoms with E-state index in [-0.39, 0.29) is 12.6 Å². The normalized spacial score (nSPS) is 21.5. The van der Waals surface area contributed by atoms with Crippen molar-refractivity contribution in [2.75, 3.05) is 26.7 Å². The summed E-state index contributed by atoms with van der Waals surface area (Å²) in [5, 5.41) is 9.49. The summed E-state index contributed by atoms with van der Waals surface area (Å²) in [4.78, 5) is 16.0. The van der Waals surface area contributed by atoms with Crippen LogP contribution in [0.15, 0.2) is 60.7 Å². The molecule has 1 aliphatic heterocycles. The predicted molar refractivity (Wildman–Crippen MR) is 95.0 cm³/mol. The highest BCUT2D eigenvalue weighted by Crippen LogP contribution is 2.42. The molecule has 1 saturated heterocycles. The van der Waals surface area contributed by atoms with Gasteiger partial charge in [-0.1, -0.05) is 60.7 Å². The summed E-state index contributed by atoms with van der Waals surface area (Å²) in [5.74, 6) is -0.789. The van der Waals surface area contributed by atoms with Crippen molar-refractivity contribution in [1.29, 1.82) is 0 Å². The molecule has 0 aromatic heterocycles. The number of carboxylic acids is 1. The summed E-state index contributed by atoms with van der Waals surface area (Å²) in [6.45, 7) is 3.79. The minimum Gasteiger partial charge on any atom is -0.480 e. The molecule has 126 valence electrons. The Morgan fingerprint density at radius 3 is 2.00 bits per heavy atom. The summed E-state index contributed by atoms with van der Waals surface area (Å²) in [6.07, 6.45) is 0. The van der Waals surface area contributed by atoms with Crippen LogP contribution in [-0.2, 0) is 10.3 Å². The number of carbonyl (C=O) groups is 1. The number of likely N-dealkylation sites (N-methyl/N-ethyl adjacent to an activating group) is 1. The quantitative estimate of drug-likeness (QED) is 0.939. The van der Waals surface area contributed by atoms with E-state index in [1.54, 1.807) is 0 Å². The van der Waals surface area contributed by atoms with Gasteiger partial charge in [-0.3, -0.25) is 14.6 Å². The summed E-state index contributed by atoms with van der Waals surface area (Å²) >= 11 is 0. The van der Waals surface area contributed by atoms with Gasteiger partial charge in [0, 0.05) is 19.1 Å². The number of nitrogens with zero attached hydrogens (tertiary/aromatic N) is 2. The average Bonchev–Trinajstić information content (AvgIpc) is 2.60. The van der Waals surface area contributed by atoms with Gasteiger partial charge < -0.3 is 5.11 Å². The van der Waals surface area contributed by atoms with E-state index >= 15 is 0 Å². The lowest BCUT2D eigenvalue weighted by Crippen LogP contribution is -2.65. The van der Waals surface area contributed by atoms with E-state index in [4.69, 9.17) is 0 Å². The van der Waals surface area contributed by atoms with Crippen molar-refractivity contribution >= 4 is 5.97 Å². The maximum atomic E-state index is 11.6. The fraction of sp³-hybridized carbons (Fsp3) is 0.350. The molecule has 4 nitrogen and oxygen atoms in total. The third-order valence-electron chi connectivity index (χ3n) is 5.24. The summed E-state index contributed by atoms with van der Waals surface area (Å²) in [6, 6.07) is 20.7. The first-order valence-corrected chi connectivity index (χ1v) is 8.35. The van der Waals surface area contributed by atoms with Gasteiger partial charge in [0.25, 0.3) is 0 Å². The van der Waals surface area contributed by atoms with Crippen LogP contribution in [0.4, 0.5) is 0 Å². The van der Waals surface area contributed by atoms with Crippen LogP contribution in [0.3, 0.4) is 0 Å². The van der Waals surface area contributed by atoms with Gasteiger partial charge in [0.15, 0.2) is 0 Å². The van der Waals surface area contributed by atoms with E-state index in [9.17, 15) is 9.90 Å². The molecule has 1 fully saturated rings. The third-order valence-corrected chi connectivity index (χ3v) is 5.24. The number of aliphatic carboxylic acids is 1. The van der Waals surface area contributed by atoms with Crippen molar-refractivity contribution in [3.8, 4) is 0 Å². The minimum atomic E-state index is -0.789. The molecule has 0 spiro atoms. The van der Waals surface area contributed by atoms with Crippen molar-refractivity contribution in [1.82, 2.24) is 9.80 Å². The van der Waals surface area contributed by atoms with Crippen LogP contribution in [0.1, 0.15) is 18.1 Å². The van der Waals surface area contributed by atoms with Crippen LogP contribution in [0, 0.1) is 0 Å². The number of carboxylic acid groups (broad SMARTS) is 1. The number of piperazine rings is 1. The van der Waals surface area contributed by atoms with Crippen LogP contribution in [0.5, 0.6) is 0 Å². The molecule has 0 amide bonds. The standard InChI is InChI=1S/C20H24N2O2/c1-16-20(17-9-5-3-6-10-17,18-11-7-4-8-12-18)22(15-19(23)24)14-13-21(16)2/h3-12,16H,13-15H2,1-2H3,(H,23,24). The smallest absolute Gasteiger partial charge is 0.317 e. The average molecular weight is 324 g/mol. The summed E-state index contributed by atoms with van der Waals surface area (Å²) < 4.78 is 0. The largest absolute Gasteiger partial charge is 0.480 e. The van der Waals surface area contributed by atoms with Gasteiger partial charge in [-0.25, -0.2) is 0 Å². The molecule has 1 atom stereocenters. The molecule has 24 heavy (non-hydrogen) atoms. The zero-order valence-corrected chi connectivity index (χ0v) is 14.2. The fourth-order valence-corrected chi connectivity index (χ4v) is 4.00. The minimum absolute atomic E-state index is 0.0297. The third kappa shape index (κ3) is 2.72. The van der Waals surface area contributed by atoms with Gasteiger partial charge in [0.2, 0.25) is 0 Å². The molecule has 0 radical (unpaired) electrons. The lowest BCUT2D eigenvalue weighted by Gasteiger charge is -2.55. The first-order valence-electron chi connectivity index (χ1n) is 8.35. The van der Waals surface area contributed by atoms with E-state index in [0.29, 0.717) is 0 Å². The van der Waals surface area contributed by atoms with Crippen molar-refractivity contribution in [2.24, 2.45) is 0 Å². The van der Waals surface area contributed by atoms with E-state index in [2.05, 4.69) is 48.0 Å². The second-order valence-corrected chi connectivity index (χ2v) is 6.47. The molecule has 2 aromatic carbocycles. The molecule has 4 heteroatoms. The maximum Gasteiger partial charge on any atom is 0.317 e. The van der Waals surface area contributed by atoms with E-state index < -0.39 is 11.5 Å². The van der Waals surface area contributed by atoms with Gasteiger partial charge in [-0.05, 0) is 25.1 Å². The highest BCUT2D eigenvalue weighted by molar-refractivity contribution is 5.69. The lowest BCUT2D eigenvalue weighted by atomic mass is 9.74. The Hall–Kier alpha value is -2.17. The van der Waals surface area contributed by atoms with Crippen LogP contribution < -0.4 is 0 Å². The summed E-state index contributed by atoms with van der Waals surface area (Å²) in [5.41, 5.74) is 1.79. The van der Waals surface area contributed by atoms with E-state index in [0.717, 1.165) is 24.2 Å². The zero-order valence-electron chi connectivity index (χ0n) is 14.2. The van der Waals surface area contributed by atoms with Gasteiger partial charge in [0.1, 0.15) is 0 Å². The molecule has 3 rings (SSSR count). The van der Waals surface area contributed by atoms with Crippen molar-refractivity contribution in [3.63, 3.8) is 0 Å². The summed E-state index contributed by atoms with van der Waals surface area (Å²) in [7, 11) is 2.11. The monoisotopic (exact) mass is 324 g/mol. The fourth-order valence-electron chi connectivity index (χ4n) is 4.00. The number of hydrogen-bond donors (Lipinski definition) is 1. The second-order valence-electron chi connectivity index (χ2n) is 6.47. The maximum absolute atomic E-state index is 11.6. The Morgan fingerprint density at radius 2 is 1.54 bits per heavy atom. The first kappa shape index (κ1) is 16.7. The number of benzene rings is 2. The van der Waals surface area contributed by atoms with Crippen molar-refractivity contribution in [3.05, 3.63) is 71.8 Å². The second kappa shape index (κ2) is 6.75. The topological polar surface area (TPSA) is 43.8 Å². The molecule has 2 aromatic rings. The van der Waals surface area contributed by atoms with Crippen LogP contribution in [-0.4, -0.2) is 53.6 Å². The molecule has 0 aliphatic carbocycles. The van der Waals surface area contributed by atoms with Crippen molar-refractivity contribution < 1.29 is 9.90 Å².